The molecular weight excluding hydrogens is 206 g/mol. The van der Waals surface area contributed by atoms with Gasteiger partial charge in [0.1, 0.15) is 0 Å². The van der Waals surface area contributed by atoms with Gasteiger partial charge in [-0.3, -0.25) is 0 Å². The van der Waals surface area contributed by atoms with Gasteiger partial charge >= 0.3 is 0 Å². The lowest BCUT2D eigenvalue weighted by atomic mass is 9.86. The summed E-state index contributed by atoms with van der Waals surface area (Å²) in [6.07, 6.45) is 4.98. The molecule has 0 amide bonds. The minimum absolute atomic E-state index is 0.417. The summed E-state index contributed by atoms with van der Waals surface area (Å²) in [5, 5.41) is 3.44. The fourth-order valence-electron chi connectivity index (χ4n) is 2.28. The maximum Gasteiger partial charge on any atom is 0.00691 e. The highest BCUT2D eigenvalue weighted by Crippen LogP contribution is 2.23. The SMILES string of the molecule is CNC(CCCc1ccccc1)CC(C)(C)C. The molecule has 0 aliphatic rings. The fourth-order valence-corrected chi connectivity index (χ4v) is 2.28. The maximum atomic E-state index is 3.44. The van der Waals surface area contributed by atoms with Crippen LogP contribution < -0.4 is 5.32 Å². The third-order valence-corrected chi connectivity index (χ3v) is 3.13. The standard InChI is InChI=1S/C16H27N/c1-16(2,3)13-15(17-4)12-8-11-14-9-6-5-7-10-14/h5-7,9-10,15,17H,8,11-13H2,1-4H3. The average molecular weight is 233 g/mol. The lowest BCUT2D eigenvalue weighted by Gasteiger charge is -2.25. The molecule has 1 N–H and O–H groups in total. The smallest absolute Gasteiger partial charge is 0.00691 e. The van der Waals surface area contributed by atoms with Crippen LogP contribution in [0.4, 0.5) is 0 Å². The first kappa shape index (κ1) is 14.2. The van der Waals surface area contributed by atoms with Crippen LogP contribution in [-0.2, 0) is 6.42 Å². The molecule has 0 aromatic heterocycles. The third kappa shape index (κ3) is 6.48. The topological polar surface area (TPSA) is 12.0 Å². The van der Waals surface area contributed by atoms with Crippen molar-refractivity contribution in [3.63, 3.8) is 0 Å². The first-order valence-electron chi connectivity index (χ1n) is 6.72. The zero-order valence-electron chi connectivity index (χ0n) is 11.8. The number of hydrogen-bond donors (Lipinski definition) is 1. The quantitative estimate of drug-likeness (QED) is 0.782. The van der Waals surface area contributed by atoms with Crippen molar-refractivity contribution in [3.05, 3.63) is 35.9 Å². The van der Waals surface area contributed by atoms with Crippen molar-refractivity contribution < 1.29 is 0 Å². The van der Waals surface area contributed by atoms with Crippen LogP contribution >= 0.6 is 0 Å². The molecular formula is C16H27N. The monoisotopic (exact) mass is 233 g/mol. The Morgan fingerprint density at radius 3 is 2.29 bits per heavy atom. The molecule has 0 heterocycles. The Morgan fingerprint density at radius 1 is 1.12 bits per heavy atom. The molecule has 1 aromatic rings. The molecule has 1 rings (SSSR count). The molecule has 0 aliphatic carbocycles. The Labute approximate surface area is 107 Å². The summed E-state index contributed by atoms with van der Waals surface area (Å²) >= 11 is 0. The van der Waals surface area contributed by atoms with E-state index in [2.05, 4.69) is 63.5 Å². The fraction of sp³-hybridized carbons (Fsp3) is 0.625. The Hall–Kier alpha value is -0.820. The highest BCUT2D eigenvalue weighted by Gasteiger charge is 2.16. The molecule has 96 valence electrons. The predicted octanol–water partition coefficient (Wildman–Crippen LogP) is 4.03. The largest absolute Gasteiger partial charge is 0.317 e. The van der Waals surface area contributed by atoms with E-state index in [0.717, 1.165) is 0 Å². The molecule has 1 unspecified atom stereocenters. The van der Waals surface area contributed by atoms with Crippen molar-refractivity contribution in [2.24, 2.45) is 5.41 Å². The zero-order chi connectivity index (χ0) is 12.7. The maximum absolute atomic E-state index is 3.44. The molecule has 0 saturated carbocycles. The molecule has 1 aromatic carbocycles. The lowest BCUT2D eigenvalue weighted by Crippen LogP contribution is -2.30. The van der Waals surface area contributed by atoms with Gasteiger partial charge in [-0.25, -0.2) is 0 Å². The van der Waals surface area contributed by atoms with Crippen LogP contribution in [0.15, 0.2) is 30.3 Å². The highest BCUT2D eigenvalue weighted by atomic mass is 14.9. The molecule has 1 heteroatoms. The van der Waals surface area contributed by atoms with Crippen LogP contribution in [0.2, 0.25) is 0 Å². The number of benzene rings is 1. The molecule has 17 heavy (non-hydrogen) atoms. The van der Waals surface area contributed by atoms with Crippen LogP contribution in [0.1, 0.15) is 45.6 Å². The number of aryl methyl sites for hydroxylation is 1. The summed E-state index contributed by atoms with van der Waals surface area (Å²) in [5.74, 6) is 0. The normalized spacial score (nSPS) is 13.6. The Bertz CT molecular complexity index is 297. The highest BCUT2D eigenvalue weighted by molar-refractivity contribution is 5.14. The molecule has 0 aliphatic heterocycles. The van der Waals surface area contributed by atoms with Crippen LogP contribution in [0, 0.1) is 5.41 Å². The molecule has 0 fully saturated rings. The Morgan fingerprint density at radius 2 is 1.76 bits per heavy atom. The first-order valence-corrected chi connectivity index (χ1v) is 6.72. The predicted molar refractivity (Wildman–Crippen MR) is 76.3 cm³/mol. The van der Waals surface area contributed by atoms with Crippen molar-refractivity contribution in [2.75, 3.05) is 7.05 Å². The lowest BCUT2D eigenvalue weighted by molar-refractivity contribution is 0.304. The van der Waals surface area contributed by atoms with Gasteiger partial charge in [0.25, 0.3) is 0 Å². The van der Waals surface area contributed by atoms with Crippen molar-refractivity contribution in [1.29, 1.82) is 0 Å². The van der Waals surface area contributed by atoms with E-state index in [9.17, 15) is 0 Å². The Balaban J connectivity index is 2.29. The van der Waals surface area contributed by atoms with Gasteiger partial charge in [0, 0.05) is 6.04 Å². The van der Waals surface area contributed by atoms with E-state index in [1.54, 1.807) is 0 Å². The Kier molecular flexibility index (Phi) is 5.70. The second-order valence-corrected chi connectivity index (χ2v) is 6.13. The van der Waals surface area contributed by atoms with Crippen LogP contribution in [0.5, 0.6) is 0 Å². The van der Waals surface area contributed by atoms with Crippen LogP contribution in [0.3, 0.4) is 0 Å². The van der Waals surface area contributed by atoms with Gasteiger partial charge in [-0.05, 0) is 43.7 Å². The summed E-state index contributed by atoms with van der Waals surface area (Å²) in [4.78, 5) is 0. The molecule has 0 radical (unpaired) electrons. The van der Waals surface area contributed by atoms with E-state index in [0.29, 0.717) is 11.5 Å². The number of nitrogens with one attached hydrogen (secondary N) is 1. The van der Waals surface area contributed by atoms with E-state index >= 15 is 0 Å². The van der Waals surface area contributed by atoms with Crippen molar-refractivity contribution in [2.45, 2.75) is 52.5 Å². The zero-order valence-corrected chi connectivity index (χ0v) is 11.8. The van der Waals surface area contributed by atoms with E-state index < -0.39 is 0 Å². The summed E-state index contributed by atoms with van der Waals surface area (Å²) < 4.78 is 0. The van der Waals surface area contributed by atoms with Crippen molar-refractivity contribution in [1.82, 2.24) is 5.32 Å². The molecule has 0 spiro atoms. The van der Waals surface area contributed by atoms with Gasteiger partial charge in [-0.1, -0.05) is 51.1 Å². The van der Waals surface area contributed by atoms with E-state index in [1.165, 1.54) is 31.2 Å². The van der Waals surface area contributed by atoms with E-state index in [1.807, 2.05) is 0 Å². The summed E-state index contributed by atoms with van der Waals surface area (Å²) in [5.41, 5.74) is 1.87. The van der Waals surface area contributed by atoms with E-state index in [-0.39, 0.29) is 0 Å². The van der Waals surface area contributed by atoms with Gasteiger partial charge in [-0.15, -0.1) is 0 Å². The summed E-state index contributed by atoms with van der Waals surface area (Å²) in [6, 6.07) is 11.4. The summed E-state index contributed by atoms with van der Waals surface area (Å²) in [6.45, 7) is 6.94. The number of hydrogen-bond acceptors (Lipinski definition) is 1. The van der Waals surface area contributed by atoms with Gasteiger partial charge < -0.3 is 5.32 Å². The third-order valence-electron chi connectivity index (χ3n) is 3.13. The molecule has 0 saturated heterocycles. The number of rotatable bonds is 6. The molecule has 0 bridgehead atoms. The van der Waals surface area contributed by atoms with Crippen LogP contribution in [-0.4, -0.2) is 13.1 Å². The van der Waals surface area contributed by atoms with Crippen molar-refractivity contribution >= 4 is 0 Å². The molecule has 1 atom stereocenters. The minimum Gasteiger partial charge on any atom is -0.317 e. The first-order chi connectivity index (χ1) is 8.01. The van der Waals surface area contributed by atoms with Crippen LogP contribution in [0.25, 0.3) is 0 Å². The second-order valence-electron chi connectivity index (χ2n) is 6.13. The van der Waals surface area contributed by atoms with Crippen molar-refractivity contribution in [3.8, 4) is 0 Å². The van der Waals surface area contributed by atoms with Gasteiger partial charge in [0.2, 0.25) is 0 Å². The van der Waals surface area contributed by atoms with E-state index in [4.69, 9.17) is 0 Å². The minimum atomic E-state index is 0.417. The molecule has 1 nitrogen and oxygen atoms in total. The summed E-state index contributed by atoms with van der Waals surface area (Å²) in [7, 11) is 2.08. The van der Waals surface area contributed by atoms with Gasteiger partial charge in [0.15, 0.2) is 0 Å². The van der Waals surface area contributed by atoms with Gasteiger partial charge in [0.05, 0.1) is 0 Å². The van der Waals surface area contributed by atoms with Gasteiger partial charge in [-0.2, -0.15) is 0 Å². The second kappa shape index (κ2) is 6.80. The average Bonchev–Trinajstić information content (AvgIpc) is 2.27.